The molecule has 1 aromatic rings. The highest BCUT2D eigenvalue weighted by Crippen LogP contribution is 2.29. The zero-order chi connectivity index (χ0) is 34.4. The molecule has 0 radical (unpaired) electrons. The molecule has 268 valence electrons. The maximum Gasteiger partial charge on any atom is 0.416 e. The van der Waals surface area contributed by atoms with E-state index in [4.69, 9.17) is 14.3 Å². The lowest BCUT2D eigenvalue weighted by atomic mass is 10.0. The molecule has 0 unspecified atom stereocenters. The minimum Gasteiger partial charge on any atom is -0.463 e. The molecule has 1 rings (SSSR count). The Bertz CT molecular complexity index is 997. The second-order valence-corrected chi connectivity index (χ2v) is 12.0. The molecule has 0 spiro atoms. The van der Waals surface area contributed by atoms with Crippen LogP contribution in [0.1, 0.15) is 140 Å². The lowest BCUT2D eigenvalue weighted by Crippen LogP contribution is -2.25. The molecule has 0 aliphatic carbocycles. The van der Waals surface area contributed by atoms with Gasteiger partial charge in [0.2, 0.25) is 5.91 Å². The first-order valence-corrected chi connectivity index (χ1v) is 17.8. The summed E-state index contributed by atoms with van der Waals surface area (Å²) in [5, 5.41) is 6.69. The number of unbranched alkanes of at least 4 members (excludes halogenated alkanes) is 16. The molecule has 0 saturated heterocycles. The van der Waals surface area contributed by atoms with Gasteiger partial charge in [0.1, 0.15) is 6.61 Å². The van der Waals surface area contributed by atoms with E-state index in [0.717, 1.165) is 50.0 Å². The molecular formula is C37H59F3N2O5. The standard InChI is InChI=1S/C37H59F3N2O5/c1-3-4-5-6-7-8-9-10-11-12-13-14-15-16-17-19-30-46-36(44)27-26-35(43)41-28-31-47-42-34(21-18-20-29-45-2)32-22-24-33(25-23-32)37(38,39)40/h22-27H,3-21,28-31H2,1-2H3,(H,41,43)/b27-26+,42-34+. The van der Waals surface area contributed by atoms with Gasteiger partial charge >= 0.3 is 12.1 Å². The third-order valence-corrected chi connectivity index (χ3v) is 7.84. The number of esters is 1. The smallest absolute Gasteiger partial charge is 0.416 e. The fourth-order valence-electron chi connectivity index (χ4n) is 5.05. The fourth-order valence-corrected chi connectivity index (χ4v) is 5.05. The normalized spacial score (nSPS) is 12.1. The summed E-state index contributed by atoms with van der Waals surface area (Å²) in [5.74, 6) is -1.03. The van der Waals surface area contributed by atoms with Gasteiger partial charge in [-0.2, -0.15) is 13.2 Å². The van der Waals surface area contributed by atoms with Crippen LogP contribution in [0.25, 0.3) is 0 Å². The number of benzene rings is 1. The molecule has 1 aromatic carbocycles. The number of hydrogen-bond donors (Lipinski definition) is 1. The summed E-state index contributed by atoms with van der Waals surface area (Å²) in [4.78, 5) is 29.2. The minimum absolute atomic E-state index is 0.0471. The summed E-state index contributed by atoms with van der Waals surface area (Å²) in [6, 6.07) is 4.76. The average Bonchev–Trinajstić information content (AvgIpc) is 3.05. The van der Waals surface area contributed by atoms with Gasteiger partial charge in [-0.3, -0.25) is 4.79 Å². The van der Waals surface area contributed by atoms with Crippen LogP contribution in [0.5, 0.6) is 0 Å². The van der Waals surface area contributed by atoms with E-state index in [1.807, 2.05) is 0 Å². The highest BCUT2D eigenvalue weighted by atomic mass is 19.4. The predicted octanol–water partition coefficient (Wildman–Crippen LogP) is 9.72. The van der Waals surface area contributed by atoms with Gasteiger partial charge in [-0.1, -0.05) is 121 Å². The molecule has 47 heavy (non-hydrogen) atoms. The minimum atomic E-state index is -4.42. The number of alkyl halides is 3. The van der Waals surface area contributed by atoms with Crippen LogP contribution in [0.4, 0.5) is 13.2 Å². The molecule has 0 aliphatic heterocycles. The summed E-state index contributed by atoms with van der Waals surface area (Å²) >= 11 is 0. The van der Waals surface area contributed by atoms with Crippen molar-refractivity contribution in [2.75, 3.05) is 33.5 Å². The van der Waals surface area contributed by atoms with Gasteiger partial charge in [-0.15, -0.1) is 0 Å². The Kier molecular flexibility index (Phi) is 25.3. The Balaban J connectivity index is 2.13. The molecule has 0 atom stereocenters. The number of methoxy groups -OCH3 is 1. The van der Waals surface area contributed by atoms with Crippen molar-refractivity contribution in [3.05, 3.63) is 47.5 Å². The van der Waals surface area contributed by atoms with E-state index in [-0.39, 0.29) is 13.2 Å². The van der Waals surface area contributed by atoms with Crippen LogP contribution >= 0.6 is 0 Å². The van der Waals surface area contributed by atoms with E-state index in [2.05, 4.69) is 17.4 Å². The van der Waals surface area contributed by atoms with Gasteiger partial charge in [-0.25, -0.2) is 4.79 Å². The van der Waals surface area contributed by atoms with Gasteiger partial charge in [0.25, 0.3) is 0 Å². The number of hydrogen-bond acceptors (Lipinski definition) is 6. The number of nitrogens with zero attached hydrogens (tertiary/aromatic N) is 1. The summed E-state index contributed by atoms with van der Waals surface area (Å²) in [6.45, 7) is 3.33. The number of halogens is 3. The maximum atomic E-state index is 12.9. The molecule has 0 aromatic heterocycles. The van der Waals surface area contributed by atoms with Crippen molar-refractivity contribution in [2.24, 2.45) is 5.16 Å². The lowest BCUT2D eigenvalue weighted by molar-refractivity contribution is -0.138. The number of ether oxygens (including phenoxy) is 2. The monoisotopic (exact) mass is 668 g/mol. The third-order valence-electron chi connectivity index (χ3n) is 7.84. The molecule has 0 aliphatic rings. The van der Waals surface area contributed by atoms with E-state index in [9.17, 15) is 22.8 Å². The van der Waals surface area contributed by atoms with Gasteiger partial charge in [-0.05, 0) is 43.4 Å². The first kappa shape index (κ1) is 42.1. The number of amides is 1. The molecule has 0 bridgehead atoms. The summed E-state index contributed by atoms with van der Waals surface area (Å²) < 4.78 is 49.0. The van der Waals surface area contributed by atoms with Crippen molar-refractivity contribution in [1.82, 2.24) is 5.32 Å². The van der Waals surface area contributed by atoms with Crippen molar-refractivity contribution >= 4 is 17.6 Å². The molecule has 7 nitrogen and oxygen atoms in total. The topological polar surface area (TPSA) is 86.2 Å². The third kappa shape index (κ3) is 24.0. The maximum absolute atomic E-state index is 12.9. The number of nitrogens with one attached hydrogen (secondary N) is 1. The molecule has 0 fully saturated rings. The summed E-state index contributed by atoms with van der Waals surface area (Å²) in [5.41, 5.74) is 0.300. The van der Waals surface area contributed by atoms with E-state index >= 15 is 0 Å². The zero-order valence-corrected chi connectivity index (χ0v) is 28.8. The van der Waals surface area contributed by atoms with E-state index in [0.29, 0.717) is 37.3 Å². The van der Waals surface area contributed by atoms with E-state index < -0.39 is 23.6 Å². The average molecular weight is 669 g/mol. The van der Waals surface area contributed by atoms with Crippen molar-refractivity contribution < 1.29 is 37.1 Å². The van der Waals surface area contributed by atoms with E-state index in [1.165, 1.54) is 95.6 Å². The predicted molar refractivity (Wildman–Crippen MR) is 182 cm³/mol. The molecular weight excluding hydrogens is 609 g/mol. The van der Waals surface area contributed by atoms with Gasteiger partial charge in [0, 0.05) is 25.9 Å². The molecule has 10 heteroatoms. The van der Waals surface area contributed by atoms with Crippen LogP contribution in [0.15, 0.2) is 41.6 Å². The number of carbonyl (C=O) groups is 2. The Morgan fingerprint density at radius 2 is 1.26 bits per heavy atom. The van der Waals surface area contributed by atoms with Crippen LogP contribution in [-0.4, -0.2) is 51.1 Å². The quantitative estimate of drug-likeness (QED) is 0.0302. The molecule has 0 heterocycles. The summed E-state index contributed by atoms with van der Waals surface area (Å²) in [7, 11) is 1.60. The second-order valence-electron chi connectivity index (χ2n) is 12.0. The van der Waals surface area contributed by atoms with Crippen molar-refractivity contribution in [1.29, 1.82) is 0 Å². The Labute approximate surface area is 281 Å². The van der Waals surface area contributed by atoms with Crippen molar-refractivity contribution in [3.63, 3.8) is 0 Å². The van der Waals surface area contributed by atoms with Crippen molar-refractivity contribution in [3.8, 4) is 0 Å². The van der Waals surface area contributed by atoms with Crippen molar-refractivity contribution in [2.45, 2.75) is 135 Å². The number of carbonyl (C=O) groups excluding carboxylic acids is 2. The first-order chi connectivity index (χ1) is 22.8. The molecule has 1 N–H and O–H groups in total. The Hall–Kier alpha value is -2.88. The second kappa shape index (κ2) is 28.2. The first-order valence-electron chi connectivity index (χ1n) is 17.8. The zero-order valence-electron chi connectivity index (χ0n) is 28.8. The Morgan fingerprint density at radius 1 is 0.723 bits per heavy atom. The van der Waals surface area contributed by atoms with Gasteiger partial charge in [0.15, 0.2) is 0 Å². The Morgan fingerprint density at radius 3 is 1.79 bits per heavy atom. The molecule has 0 saturated carbocycles. The largest absolute Gasteiger partial charge is 0.463 e. The van der Waals surface area contributed by atoms with Crippen LogP contribution in [-0.2, 0) is 30.1 Å². The van der Waals surface area contributed by atoms with Crippen LogP contribution in [0.3, 0.4) is 0 Å². The SMILES string of the molecule is CCCCCCCCCCCCCCCCCCOC(=O)/C=C/C(=O)NCCO/N=C(\CCCCOC)c1ccc(C(F)(F)F)cc1. The highest BCUT2D eigenvalue weighted by molar-refractivity contribution is 6.00. The number of oxime groups is 1. The fraction of sp³-hybridized carbons (Fsp3) is 0.703. The van der Waals surface area contributed by atoms with Crippen LogP contribution in [0, 0.1) is 0 Å². The van der Waals surface area contributed by atoms with Gasteiger partial charge < -0.3 is 19.6 Å². The van der Waals surface area contributed by atoms with Crippen LogP contribution < -0.4 is 5.32 Å². The number of rotatable bonds is 29. The van der Waals surface area contributed by atoms with E-state index in [1.54, 1.807) is 7.11 Å². The van der Waals surface area contributed by atoms with Crippen LogP contribution in [0.2, 0.25) is 0 Å². The lowest BCUT2D eigenvalue weighted by Gasteiger charge is -2.10. The summed E-state index contributed by atoms with van der Waals surface area (Å²) in [6.07, 6.45) is 20.2. The van der Waals surface area contributed by atoms with Gasteiger partial charge in [0.05, 0.1) is 24.4 Å². The highest BCUT2D eigenvalue weighted by Gasteiger charge is 2.30. The molecule has 1 amide bonds.